The molecule has 1 fully saturated rings. The first-order chi connectivity index (χ1) is 14.7. The fraction of sp³-hybridized carbons (Fsp3) is 0.571. The predicted molar refractivity (Wildman–Crippen MR) is 126 cm³/mol. The quantitative estimate of drug-likeness (QED) is 0.337. The molecule has 1 aliphatic carbocycles. The summed E-state index contributed by atoms with van der Waals surface area (Å²) in [7, 11) is 0. The molecule has 0 N–H and O–H groups in total. The van der Waals surface area contributed by atoms with Crippen LogP contribution in [0, 0.1) is 17.7 Å². The Morgan fingerprint density at radius 2 is 1.53 bits per heavy atom. The third-order valence-electron chi connectivity index (χ3n) is 6.80. The molecule has 0 spiro atoms. The summed E-state index contributed by atoms with van der Waals surface area (Å²) in [6, 6.07) is 13.7. The maximum absolute atomic E-state index is 14.7. The number of hydrogen-bond acceptors (Lipinski definition) is 1. The van der Waals surface area contributed by atoms with E-state index in [2.05, 4.69) is 26.0 Å². The number of unbranched alkanes of at least 4 members (excludes halogenated alkanes) is 4. The average molecular weight is 411 g/mol. The fourth-order valence-electron chi connectivity index (χ4n) is 4.62. The molecule has 3 rings (SSSR count). The van der Waals surface area contributed by atoms with Crippen LogP contribution in [-0.2, 0) is 6.42 Å². The van der Waals surface area contributed by atoms with Crippen LogP contribution in [0.1, 0.15) is 83.6 Å². The van der Waals surface area contributed by atoms with E-state index in [0.717, 1.165) is 17.9 Å². The van der Waals surface area contributed by atoms with Gasteiger partial charge in [-0.1, -0.05) is 83.1 Å². The van der Waals surface area contributed by atoms with E-state index in [1.807, 2.05) is 24.3 Å². The lowest BCUT2D eigenvalue weighted by molar-refractivity contribution is 0.180. The number of aryl methyl sites for hydroxylation is 1. The molecule has 0 unspecified atom stereocenters. The highest BCUT2D eigenvalue weighted by Crippen LogP contribution is 2.32. The van der Waals surface area contributed by atoms with Crippen LogP contribution >= 0.6 is 0 Å². The molecule has 2 aromatic carbocycles. The highest BCUT2D eigenvalue weighted by atomic mass is 19.1. The molecule has 0 heterocycles. The van der Waals surface area contributed by atoms with Gasteiger partial charge in [-0.15, -0.1) is 0 Å². The van der Waals surface area contributed by atoms with Gasteiger partial charge in [0.05, 0.1) is 6.61 Å². The van der Waals surface area contributed by atoms with E-state index in [1.165, 1.54) is 69.8 Å². The van der Waals surface area contributed by atoms with Gasteiger partial charge < -0.3 is 4.74 Å². The molecule has 2 heteroatoms. The van der Waals surface area contributed by atoms with Gasteiger partial charge in [-0.05, 0) is 60.8 Å². The highest BCUT2D eigenvalue weighted by molar-refractivity contribution is 5.65. The van der Waals surface area contributed by atoms with Gasteiger partial charge in [0.25, 0.3) is 0 Å². The lowest BCUT2D eigenvalue weighted by Crippen LogP contribution is -2.19. The average Bonchev–Trinajstić information content (AvgIpc) is 2.78. The van der Waals surface area contributed by atoms with E-state index in [-0.39, 0.29) is 5.82 Å². The summed E-state index contributed by atoms with van der Waals surface area (Å²) in [5.41, 5.74) is 2.93. The van der Waals surface area contributed by atoms with Gasteiger partial charge in [0.15, 0.2) is 0 Å². The maximum Gasteiger partial charge on any atom is 0.134 e. The largest absolute Gasteiger partial charge is 0.493 e. The van der Waals surface area contributed by atoms with Crippen molar-refractivity contribution in [3.05, 3.63) is 53.8 Å². The minimum atomic E-state index is -0.200. The Kier molecular flexibility index (Phi) is 9.24. The van der Waals surface area contributed by atoms with Gasteiger partial charge in [-0.3, -0.25) is 0 Å². The van der Waals surface area contributed by atoms with Crippen molar-refractivity contribution in [2.24, 2.45) is 11.8 Å². The number of halogens is 1. The molecule has 0 bridgehead atoms. The van der Waals surface area contributed by atoms with Crippen molar-refractivity contribution in [3.8, 4) is 16.9 Å². The van der Waals surface area contributed by atoms with Crippen LogP contribution < -0.4 is 4.74 Å². The normalized spacial score (nSPS) is 19.0. The van der Waals surface area contributed by atoms with Gasteiger partial charge in [-0.2, -0.15) is 0 Å². The zero-order valence-corrected chi connectivity index (χ0v) is 19.0. The van der Waals surface area contributed by atoms with Crippen molar-refractivity contribution in [3.63, 3.8) is 0 Å². The van der Waals surface area contributed by atoms with Crippen LogP contribution in [0.15, 0.2) is 42.5 Å². The SMILES string of the molecule is CCCCCCCc1ccc(-c2ccc(OC[C@H]3CC[C@H](CC)CC3)cc2F)cc1. The minimum Gasteiger partial charge on any atom is -0.493 e. The molecule has 0 radical (unpaired) electrons. The second kappa shape index (κ2) is 12.1. The summed E-state index contributed by atoms with van der Waals surface area (Å²) in [4.78, 5) is 0. The molecule has 1 nitrogen and oxygen atoms in total. The number of ether oxygens (including phenoxy) is 1. The Bertz CT molecular complexity index is 744. The second-order valence-corrected chi connectivity index (χ2v) is 9.11. The topological polar surface area (TPSA) is 9.23 Å². The molecule has 164 valence electrons. The standard InChI is InChI=1S/C28H39FO/c1-3-5-6-7-8-9-23-14-16-25(17-15-23)27-19-18-26(20-28(27)29)30-21-24-12-10-22(4-2)11-13-24/h14-20,22,24H,3-13,21H2,1-2H3/t22-,24-. The van der Waals surface area contributed by atoms with Crippen molar-refractivity contribution in [1.29, 1.82) is 0 Å². The maximum atomic E-state index is 14.7. The van der Waals surface area contributed by atoms with Crippen molar-refractivity contribution in [1.82, 2.24) is 0 Å². The van der Waals surface area contributed by atoms with Gasteiger partial charge in [0.1, 0.15) is 11.6 Å². The monoisotopic (exact) mass is 410 g/mol. The van der Waals surface area contributed by atoms with Crippen LogP contribution in [-0.4, -0.2) is 6.61 Å². The van der Waals surface area contributed by atoms with Crippen LogP contribution in [0.5, 0.6) is 5.75 Å². The van der Waals surface area contributed by atoms with Gasteiger partial charge in [-0.25, -0.2) is 4.39 Å². The van der Waals surface area contributed by atoms with E-state index in [0.29, 0.717) is 23.8 Å². The van der Waals surface area contributed by atoms with Crippen LogP contribution in [0.3, 0.4) is 0 Å². The van der Waals surface area contributed by atoms with Crippen molar-refractivity contribution < 1.29 is 9.13 Å². The molecule has 30 heavy (non-hydrogen) atoms. The zero-order chi connectivity index (χ0) is 21.2. The Balaban J connectivity index is 1.50. The fourth-order valence-corrected chi connectivity index (χ4v) is 4.62. The number of rotatable bonds is 11. The minimum absolute atomic E-state index is 0.200. The summed E-state index contributed by atoms with van der Waals surface area (Å²) in [5, 5.41) is 0. The third kappa shape index (κ3) is 6.86. The first kappa shape index (κ1) is 22.8. The summed E-state index contributed by atoms with van der Waals surface area (Å²) >= 11 is 0. The van der Waals surface area contributed by atoms with E-state index >= 15 is 0 Å². The number of hydrogen-bond donors (Lipinski definition) is 0. The van der Waals surface area contributed by atoms with Crippen molar-refractivity contribution in [2.75, 3.05) is 6.61 Å². The van der Waals surface area contributed by atoms with Crippen LogP contribution in [0.4, 0.5) is 4.39 Å². The van der Waals surface area contributed by atoms with E-state index < -0.39 is 0 Å². The lowest BCUT2D eigenvalue weighted by Gasteiger charge is -2.27. The Labute approximate surface area is 183 Å². The van der Waals surface area contributed by atoms with Crippen molar-refractivity contribution >= 4 is 0 Å². The first-order valence-electron chi connectivity index (χ1n) is 12.2. The molecule has 1 saturated carbocycles. The summed E-state index contributed by atoms with van der Waals surface area (Å²) in [6.45, 7) is 5.24. The van der Waals surface area contributed by atoms with Crippen LogP contribution in [0.25, 0.3) is 11.1 Å². The molecule has 2 aromatic rings. The molecule has 1 aliphatic rings. The molecule has 0 atom stereocenters. The summed E-state index contributed by atoms with van der Waals surface area (Å²) in [5.74, 6) is 1.96. The number of benzene rings is 2. The lowest BCUT2D eigenvalue weighted by atomic mass is 9.81. The highest BCUT2D eigenvalue weighted by Gasteiger charge is 2.20. The second-order valence-electron chi connectivity index (χ2n) is 9.11. The summed E-state index contributed by atoms with van der Waals surface area (Å²) in [6.07, 6.45) is 14.0. The van der Waals surface area contributed by atoms with Crippen LogP contribution in [0.2, 0.25) is 0 Å². The van der Waals surface area contributed by atoms with Gasteiger partial charge in [0.2, 0.25) is 0 Å². The predicted octanol–water partition coefficient (Wildman–Crippen LogP) is 8.60. The zero-order valence-electron chi connectivity index (χ0n) is 19.0. The third-order valence-corrected chi connectivity index (χ3v) is 6.80. The molecule has 0 amide bonds. The molecule has 0 aromatic heterocycles. The van der Waals surface area contributed by atoms with Crippen molar-refractivity contribution in [2.45, 2.75) is 84.5 Å². The molecule has 0 saturated heterocycles. The molecule has 0 aliphatic heterocycles. The van der Waals surface area contributed by atoms with E-state index in [9.17, 15) is 4.39 Å². The Morgan fingerprint density at radius 3 is 2.20 bits per heavy atom. The van der Waals surface area contributed by atoms with Gasteiger partial charge >= 0.3 is 0 Å². The first-order valence-corrected chi connectivity index (χ1v) is 12.2. The smallest absolute Gasteiger partial charge is 0.134 e. The van der Waals surface area contributed by atoms with Gasteiger partial charge in [0, 0.05) is 11.6 Å². The molecular weight excluding hydrogens is 371 g/mol. The van der Waals surface area contributed by atoms with E-state index in [4.69, 9.17) is 4.74 Å². The molecular formula is C28H39FO. The summed E-state index contributed by atoms with van der Waals surface area (Å²) < 4.78 is 20.7. The Morgan fingerprint density at radius 1 is 0.833 bits per heavy atom. The van der Waals surface area contributed by atoms with E-state index in [1.54, 1.807) is 6.07 Å². The Hall–Kier alpha value is -1.83.